The van der Waals surface area contributed by atoms with Crippen LogP contribution >= 0.6 is 0 Å². The molecule has 4 amide bonds. The predicted octanol–water partition coefficient (Wildman–Crippen LogP) is 3.32. The summed E-state index contributed by atoms with van der Waals surface area (Å²) in [6.07, 6.45) is 5.32. The Morgan fingerprint density at radius 1 is 1.07 bits per heavy atom. The molecule has 1 aliphatic heterocycles. The minimum atomic E-state index is -0.617. The SMILES string of the molecule is Cc1cccc(NC(=O)CN2C(=O)N/C(=C/c3ccn(-c4ccccc4)c3)C2=O)c1. The van der Waals surface area contributed by atoms with Gasteiger partial charge in [0.25, 0.3) is 5.91 Å². The number of aromatic nitrogens is 1. The summed E-state index contributed by atoms with van der Waals surface area (Å²) in [5.41, 5.74) is 3.49. The number of hydrogen-bond donors (Lipinski definition) is 2. The van der Waals surface area contributed by atoms with E-state index in [0.29, 0.717) is 5.69 Å². The zero-order valence-corrected chi connectivity index (χ0v) is 16.3. The lowest BCUT2D eigenvalue weighted by atomic mass is 10.2. The molecule has 0 spiro atoms. The first-order valence-corrected chi connectivity index (χ1v) is 9.44. The molecule has 30 heavy (non-hydrogen) atoms. The zero-order chi connectivity index (χ0) is 21.1. The Labute approximate surface area is 173 Å². The molecule has 2 N–H and O–H groups in total. The van der Waals surface area contributed by atoms with Gasteiger partial charge >= 0.3 is 6.03 Å². The molecule has 4 rings (SSSR count). The molecule has 1 saturated heterocycles. The second-order valence-corrected chi connectivity index (χ2v) is 6.98. The average Bonchev–Trinajstić information content (AvgIpc) is 3.29. The van der Waals surface area contributed by atoms with Crippen LogP contribution in [-0.2, 0) is 9.59 Å². The number of imide groups is 1. The summed E-state index contributed by atoms with van der Waals surface area (Å²) in [6, 6.07) is 18.3. The summed E-state index contributed by atoms with van der Waals surface area (Å²) in [7, 11) is 0. The van der Waals surface area contributed by atoms with Crippen molar-refractivity contribution in [2.24, 2.45) is 0 Å². The van der Waals surface area contributed by atoms with E-state index in [9.17, 15) is 14.4 Å². The highest BCUT2D eigenvalue weighted by atomic mass is 16.2. The summed E-state index contributed by atoms with van der Waals surface area (Å²) in [5, 5.41) is 5.24. The largest absolute Gasteiger partial charge is 0.329 e. The third-order valence-corrected chi connectivity index (χ3v) is 4.65. The molecule has 1 aliphatic rings. The fourth-order valence-corrected chi connectivity index (χ4v) is 3.21. The van der Waals surface area contributed by atoms with Crippen molar-refractivity contribution < 1.29 is 14.4 Å². The van der Waals surface area contributed by atoms with Crippen molar-refractivity contribution >= 4 is 29.6 Å². The lowest BCUT2D eigenvalue weighted by Gasteiger charge is -2.12. The van der Waals surface area contributed by atoms with Crippen molar-refractivity contribution in [2.75, 3.05) is 11.9 Å². The molecule has 7 heteroatoms. The van der Waals surface area contributed by atoms with Crippen molar-refractivity contribution in [3.8, 4) is 5.69 Å². The van der Waals surface area contributed by atoms with Crippen molar-refractivity contribution in [1.82, 2.24) is 14.8 Å². The molecule has 0 radical (unpaired) electrons. The number of benzene rings is 2. The molecule has 0 bridgehead atoms. The van der Waals surface area contributed by atoms with Crippen LogP contribution in [0.25, 0.3) is 11.8 Å². The number of carbonyl (C=O) groups excluding carboxylic acids is 3. The Morgan fingerprint density at radius 3 is 2.63 bits per heavy atom. The molecule has 1 fully saturated rings. The van der Waals surface area contributed by atoms with Gasteiger partial charge in [-0.3, -0.25) is 9.59 Å². The van der Waals surface area contributed by atoms with E-state index in [1.165, 1.54) is 0 Å². The number of urea groups is 1. The summed E-state index contributed by atoms with van der Waals surface area (Å²) in [6.45, 7) is 1.55. The monoisotopic (exact) mass is 400 g/mol. The first-order valence-electron chi connectivity index (χ1n) is 9.44. The van der Waals surface area contributed by atoms with Gasteiger partial charge in [-0.2, -0.15) is 0 Å². The van der Waals surface area contributed by atoms with Gasteiger partial charge < -0.3 is 15.2 Å². The van der Waals surface area contributed by atoms with E-state index < -0.39 is 17.8 Å². The lowest BCUT2D eigenvalue weighted by molar-refractivity contribution is -0.127. The Bertz CT molecular complexity index is 1150. The maximum absolute atomic E-state index is 12.6. The quantitative estimate of drug-likeness (QED) is 0.509. The van der Waals surface area contributed by atoms with Crippen LogP contribution in [0, 0.1) is 6.92 Å². The van der Waals surface area contributed by atoms with E-state index in [1.807, 2.05) is 78.5 Å². The van der Waals surface area contributed by atoms with Gasteiger partial charge in [-0.25, -0.2) is 9.69 Å². The first-order chi connectivity index (χ1) is 14.5. The van der Waals surface area contributed by atoms with Gasteiger partial charge in [0.1, 0.15) is 12.2 Å². The van der Waals surface area contributed by atoms with Gasteiger partial charge in [-0.05, 0) is 54.5 Å². The fraction of sp³-hybridized carbons (Fsp3) is 0.0870. The fourth-order valence-electron chi connectivity index (χ4n) is 3.21. The standard InChI is InChI=1S/C23H20N4O3/c1-16-6-5-7-18(12-16)24-21(28)15-27-22(29)20(25-23(27)30)13-17-10-11-26(14-17)19-8-3-2-4-9-19/h2-14H,15H2,1H3,(H,24,28)(H,25,30)/b20-13+. The molecule has 0 saturated carbocycles. The number of aryl methyl sites for hydroxylation is 1. The second kappa shape index (κ2) is 8.08. The maximum atomic E-state index is 12.6. The summed E-state index contributed by atoms with van der Waals surface area (Å²) in [5.74, 6) is -0.979. The van der Waals surface area contributed by atoms with Crippen molar-refractivity contribution in [3.63, 3.8) is 0 Å². The molecule has 0 aliphatic carbocycles. The van der Waals surface area contributed by atoms with Crippen molar-refractivity contribution in [3.05, 3.63) is 89.9 Å². The smallest absolute Gasteiger partial charge is 0.325 e. The summed E-state index contributed by atoms with van der Waals surface area (Å²) < 4.78 is 1.92. The third-order valence-electron chi connectivity index (χ3n) is 4.65. The average molecular weight is 400 g/mol. The Morgan fingerprint density at radius 2 is 1.87 bits per heavy atom. The summed E-state index contributed by atoms with van der Waals surface area (Å²) in [4.78, 5) is 38.0. The third kappa shape index (κ3) is 4.15. The van der Waals surface area contributed by atoms with E-state index in [4.69, 9.17) is 0 Å². The molecule has 7 nitrogen and oxygen atoms in total. The Balaban J connectivity index is 1.45. The van der Waals surface area contributed by atoms with E-state index >= 15 is 0 Å². The van der Waals surface area contributed by atoms with Crippen LogP contribution in [0.15, 0.2) is 78.8 Å². The number of nitrogens with zero attached hydrogens (tertiary/aromatic N) is 2. The lowest BCUT2D eigenvalue weighted by Crippen LogP contribution is -2.38. The van der Waals surface area contributed by atoms with E-state index in [0.717, 1.165) is 21.7 Å². The molecule has 2 heterocycles. The minimum absolute atomic E-state index is 0.133. The van der Waals surface area contributed by atoms with E-state index in [1.54, 1.807) is 12.1 Å². The number of carbonyl (C=O) groups is 3. The Hall–Kier alpha value is -4.13. The van der Waals surface area contributed by atoms with Crippen LogP contribution in [-0.4, -0.2) is 33.9 Å². The van der Waals surface area contributed by atoms with Crippen LogP contribution < -0.4 is 10.6 Å². The number of hydrogen-bond acceptors (Lipinski definition) is 3. The first kappa shape index (κ1) is 19.2. The number of anilines is 1. The van der Waals surface area contributed by atoms with Crippen LogP contribution in [0.5, 0.6) is 0 Å². The highest BCUT2D eigenvalue weighted by Gasteiger charge is 2.34. The molecular formula is C23H20N4O3. The van der Waals surface area contributed by atoms with E-state index in [-0.39, 0.29) is 12.2 Å². The van der Waals surface area contributed by atoms with E-state index in [2.05, 4.69) is 10.6 Å². The number of nitrogens with one attached hydrogen (secondary N) is 2. The molecule has 2 aromatic carbocycles. The Kier molecular flexibility index (Phi) is 5.17. The van der Waals surface area contributed by atoms with Gasteiger partial charge in [0, 0.05) is 23.8 Å². The number of para-hydroxylation sites is 1. The number of amides is 4. The molecule has 3 aromatic rings. The molecule has 150 valence electrons. The predicted molar refractivity (Wildman–Crippen MR) is 114 cm³/mol. The van der Waals surface area contributed by atoms with Crippen LogP contribution in [0.2, 0.25) is 0 Å². The van der Waals surface area contributed by atoms with Crippen molar-refractivity contribution in [2.45, 2.75) is 6.92 Å². The van der Waals surface area contributed by atoms with Crippen LogP contribution in [0.4, 0.5) is 10.5 Å². The highest BCUT2D eigenvalue weighted by Crippen LogP contribution is 2.17. The van der Waals surface area contributed by atoms with Gasteiger partial charge in [0.2, 0.25) is 5.91 Å². The van der Waals surface area contributed by atoms with Gasteiger partial charge in [0.15, 0.2) is 0 Å². The topological polar surface area (TPSA) is 83.4 Å². The molecule has 0 unspecified atom stereocenters. The van der Waals surface area contributed by atoms with Gasteiger partial charge in [-0.15, -0.1) is 0 Å². The zero-order valence-electron chi connectivity index (χ0n) is 16.3. The number of rotatable bonds is 5. The van der Waals surface area contributed by atoms with Gasteiger partial charge in [-0.1, -0.05) is 30.3 Å². The second-order valence-electron chi connectivity index (χ2n) is 6.98. The highest BCUT2D eigenvalue weighted by molar-refractivity contribution is 6.15. The normalized spacial score (nSPS) is 14.8. The molecular weight excluding hydrogens is 380 g/mol. The van der Waals surface area contributed by atoms with Crippen LogP contribution in [0.3, 0.4) is 0 Å². The van der Waals surface area contributed by atoms with Crippen molar-refractivity contribution in [1.29, 1.82) is 0 Å². The maximum Gasteiger partial charge on any atom is 0.329 e. The molecule has 0 atom stereocenters. The molecule has 1 aromatic heterocycles. The van der Waals surface area contributed by atoms with Crippen LogP contribution in [0.1, 0.15) is 11.1 Å². The summed E-state index contributed by atoms with van der Waals surface area (Å²) >= 11 is 0. The minimum Gasteiger partial charge on any atom is -0.325 e. The van der Waals surface area contributed by atoms with Gasteiger partial charge in [0.05, 0.1) is 0 Å².